The average Bonchev–Trinajstić information content (AvgIpc) is 3.66. The Morgan fingerprint density at radius 2 is 1.45 bits per heavy atom. The third kappa shape index (κ3) is 4.44. The zero-order valence-corrected chi connectivity index (χ0v) is 18.5. The molecule has 0 radical (unpaired) electrons. The van der Waals surface area contributed by atoms with Gasteiger partial charge in [-0.1, -0.05) is 48.5 Å². The van der Waals surface area contributed by atoms with Crippen LogP contribution in [0.3, 0.4) is 0 Å². The summed E-state index contributed by atoms with van der Waals surface area (Å²) in [5.41, 5.74) is 3.53. The summed E-state index contributed by atoms with van der Waals surface area (Å²) in [6, 6.07) is 15.6. The molecule has 5 heteroatoms. The highest BCUT2D eigenvalue weighted by Gasteiger charge is 2.30. The zero-order valence-electron chi connectivity index (χ0n) is 18.5. The molecule has 2 nitrogen and oxygen atoms in total. The van der Waals surface area contributed by atoms with Crippen LogP contribution in [0.4, 0.5) is 13.2 Å². The van der Waals surface area contributed by atoms with Crippen molar-refractivity contribution in [2.45, 2.75) is 56.7 Å². The fourth-order valence-corrected chi connectivity index (χ4v) is 5.07. The fraction of sp³-hybridized carbons (Fsp3) is 0.357. The molecule has 1 heterocycles. The van der Waals surface area contributed by atoms with Gasteiger partial charge in [0.15, 0.2) is 11.6 Å². The van der Waals surface area contributed by atoms with Gasteiger partial charge in [0.1, 0.15) is 11.9 Å². The Morgan fingerprint density at radius 3 is 2.06 bits per heavy atom. The van der Waals surface area contributed by atoms with E-state index < -0.39 is 17.7 Å². The molecule has 0 spiro atoms. The Labute approximate surface area is 192 Å². The van der Waals surface area contributed by atoms with E-state index in [0.717, 1.165) is 36.8 Å². The van der Waals surface area contributed by atoms with Gasteiger partial charge in [0.05, 0.1) is 12.7 Å². The van der Waals surface area contributed by atoms with Crippen LogP contribution in [0.25, 0.3) is 11.1 Å². The minimum atomic E-state index is -0.834. The number of benzene rings is 3. The molecule has 0 aromatic heterocycles. The molecule has 0 bridgehead atoms. The molecule has 3 aromatic carbocycles. The lowest BCUT2D eigenvalue weighted by atomic mass is 9.75. The van der Waals surface area contributed by atoms with Gasteiger partial charge in [-0.3, -0.25) is 0 Å². The standard InChI is InChI=1S/C28H27F3O2/c1-16(32)17-2-6-19(7-3-17)22-12-13-23(28(31)27(22)30)20-8-4-18(5-9-20)21-10-11-24(25(29)14-21)26-15-33-26/h2-3,6-7,10-14,16,18,20,26,32H,4-5,8-9,15H2,1H3. The van der Waals surface area contributed by atoms with Gasteiger partial charge in [0, 0.05) is 11.1 Å². The topological polar surface area (TPSA) is 32.8 Å². The van der Waals surface area contributed by atoms with Crippen molar-refractivity contribution in [2.24, 2.45) is 0 Å². The molecule has 3 aromatic rings. The van der Waals surface area contributed by atoms with Gasteiger partial charge < -0.3 is 9.84 Å². The number of aliphatic hydroxyl groups is 1. The number of hydrogen-bond donors (Lipinski definition) is 1. The van der Waals surface area contributed by atoms with Crippen molar-refractivity contribution in [2.75, 3.05) is 6.61 Å². The van der Waals surface area contributed by atoms with Crippen molar-refractivity contribution in [3.05, 3.63) is 94.3 Å². The van der Waals surface area contributed by atoms with Crippen LogP contribution in [0, 0.1) is 17.5 Å². The number of aliphatic hydroxyl groups excluding tert-OH is 1. The molecule has 1 saturated carbocycles. The highest BCUT2D eigenvalue weighted by Crippen LogP contribution is 2.43. The van der Waals surface area contributed by atoms with Crippen LogP contribution < -0.4 is 0 Å². The minimum Gasteiger partial charge on any atom is -0.389 e. The second-order valence-corrected chi connectivity index (χ2v) is 9.28. The summed E-state index contributed by atoms with van der Waals surface area (Å²) in [6.07, 6.45) is 2.38. The fourth-order valence-electron chi connectivity index (χ4n) is 5.07. The Balaban J connectivity index is 1.29. The van der Waals surface area contributed by atoms with E-state index in [1.165, 1.54) is 0 Å². The lowest BCUT2D eigenvalue weighted by molar-refractivity contribution is 0.199. The predicted octanol–water partition coefficient (Wildman–Crippen LogP) is 7.34. The number of hydrogen-bond acceptors (Lipinski definition) is 2. The average molecular weight is 453 g/mol. The van der Waals surface area contributed by atoms with Crippen molar-refractivity contribution in [1.82, 2.24) is 0 Å². The highest BCUT2D eigenvalue weighted by atomic mass is 19.2. The summed E-state index contributed by atoms with van der Waals surface area (Å²) in [6.45, 7) is 2.24. The van der Waals surface area contributed by atoms with Crippen LogP contribution in [0.2, 0.25) is 0 Å². The number of ether oxygens (including phenoxy) is 1. The molecule has 0 amide bonds. The van der Waals surface area contributed by atoms with E-state index in [4.69, 9.17) is 4.74 Å². The number of rotatable bonds is 5. The number of halogens is 3. The second-order valence-electron chi connectivity index (χ2n) is 9.28. The molecule has 2 aliphatic rings. The molecule has 2 unspecified atom stereocenters. The maximum atomic E-state index is 15.1. The first kappa shape index (κ1) is 22.2. The molecule has 2 fully saturated rings. The zero-order chi connectivity index (χ0) is 23.1. The van der Waals surface area contributed by atoms with Gasteiger partial charge in [0.2, 0.25) is 0 Å². The second kappa shape index (κ2) is 8.96. The van der Waals surface area contributed by atoms with Gasteiger partial charge in [-0.15, -0.1) is 0 Å². The summed E-state index contributed by atoms with van der Waals surface area (Å²) < 4.78 is 49.6. The lowest BCUT2D eigenvalue weighted by Crippen LogP contribution is -2.14. The van der Waals surface area contributed by atoms with E-state index in [0.29, 0.717) is 23.3 Å². The Morgan fingerprint density at radius 1 is 0.818 bits per heavy atom. The van der Waals surface area contributed by atoms with E-state index in [9.17, 15) is 13.9 Å². The first-order valence-corrected chi connectivity index (χ1v) is 11.6. The van der Waals surface area contributed by atoms with Crippen LogP contribution in [0.5, 0.6) is 0 Å². The van der Waals surface area contributed by atoms with E-state index in [-0.39, 0.29) is 29.3 Å². The molecular weight excluding hydrogens is 425 g/mol. The van der Waals surface area contributed by atoms with Gasteiger partial charge in [-0.2, -0.15) is 0 Å². The SMILES string of the molecule is CC(O)c1ccc(-c2ccc(C3CCC(c4ccc(C5CO5)c(F)c4)CC3)c(F)c2F)cc1. The van der Waals surface area contributed by atoms with E-state index in [1.54, 1.807) is 49.4 Å². The quantitative estimate of drug-likeness (QED) is 0.411. The predicted molar refractivity (Wildman–Crippen MR) is 121 cm³/mol. The van der Waals surface area contributed by atoms with Crippen LogP contribution in [0.15, 0.2) is 54.6 Å². The Kier molecular flexibility index (Phi) is 6.02. The van der Waals surface area contributed by atoms with Gasteiger partial charge in [-0.25, -0.2) is 13.2 Å². The maximum Gasteiger partial charge on any atom is 0.166 e. The van der Waals surface area contributed by atoms with Crippen LogP contribution in [-0.2, 0) is 4.74 Å². The summed E-state index contributed by atoms with van der Waals surface area (Å²) in [7, 11) is 0. The largest absolute Gasteiger partial charge is 0.389 e. The molecule has 1 aliphatic carbocycles. The van der Waals surface area contributed by atoms with Gasteiger partial charge >= 0.3 is 0 Å². The first-order chi connectivity index (χ1) is 15.9. The van der Waals surface area contributed by atoms with Crippen molar-refractivity contribution in [1.29, 1.82) is 0 Å². The summed E-state index contributed by atoms with van der Waals surface area (Å²) in [4.78, 5) is 0. The third-order valence-electron chi connectivity index (χ3n) is 7.16. The van der Waals surface area contributed by atoms with Crippen LogP contribution >= 0.6 is 0 Å². The smallest absolute Gasteiger partial charge is 0.166 e. The maximum absolute atomic E-state index is 15.1. The molecule has 33 heavy (non-hydrogen) atoms. The van der Waals surface area contributed by atoms with Crippen molar-refractivity contribution in [3.63, 3.8) is 0 Å². The third-order valence-corrected chi connectivity index (χ3v) is 7.16. The lowest BCUT2D eigenvalue weighted by Gasteiger charge is -2.29. The Bertz CT molecular complexity index is 1140. The monoisotopic (exact) mass is 452 g/mol. The summed E-state index contributed by atoms with van der Waals surface area (Å²) in [5.74, 6) is -1.66. The molecule has 5 rings (SSSR count). The minimum absolute atomic E-state index is 0.0496. The van der Waals surface area contributed by atoms with Crippen molar-refractivity contribution in [3.8, 4) is 11.1 Å². The number of epoxide rings is 1. The first-order valence-electron chi connectivity index (χ1n) is 11.6. The van der Waals surface area contributed by atoms with E-state index in [1.807, 2.05) is 12.1 Å². The van der Waals surface area contributed by atoms with Crippen LogP contribution in [-0.4, -0.2) is 11.7 Å². The molecule has 2 atom stereocenters. The molecule has 172 valence electrons. The van der Waals surface area contributed by atoms with E-state index in [2.05, 4.69) is 0 Å². The normalized spacial score (nSPS) is 23.4. The molecule has 1 saturated heterocycles. The molecular formula is C28H27F3O2. The van der Waals surface area contributed by atoms with Crippen molar-refractivity contribution >= 4 is 0 Å². The van der Waals surface area contributed by atoms with E-state index >= 15 is 4.39 Å². The Hall–Kier alpha value is -2.63. The molecule has 1 aliphatic heterocycles. The summed E-state index contributed by atoms with van der Waals surface area (Å²) in [5, 5.41) is 9.65. The summed E-state index contributed by atoms with van der Waals surface area (Å²) >= 11 is 0. The van der Waals surface area contributed by atoms with Gasteiger partial charge in [0.25, 0.3) is 0 Å². The van der Waals surface area contributed by atoms with Crippen molar-refractivity contribution < 1.29 is 23.0 Å². The van der Waals surface area contributed by atoms with Crippen LogP contribution in [0.1, 0.15) is 78.9 Å². The molecule has 1 N–H and O–H groups in total. The van der Waals surface area contributed by atoms with Gasteiger partial charge in [-0.05, 0) is 72.8 Å². The highest BCUT2D eigenvalue weighted by molar-refractivity contribution is 5.65.